The number of aliphatic hydroxyl groups excluding tert-OH is 1. The van der Waals surface area contributed by atoms with Crippen LogP contribution in [-0.2, 0) is 17.9 Å². The van der Waals surface area contributed by atoms with Crippen LogP contribution in [0.4, 0.5) is 5.82 Å². The van der Waals surface area contributed by atoms with Crippen LogP contribution in [0.15, 0.2) is 36.8 Å². The predicted octanol–water partition coefficient (Wildman–Crippen LogP) is 1.23. The van der Waals surface area contributed by atoms with Gasteiger partial charge in [-0.25, -0.2) is 14.6 Å². The number of carbonyl (C=O) groups excluding carboxylic acids is 1. The molecule has 0 spiro atoms. The number of amides is 1. The number of nitrogens with one attached hydrogen (secondary N) is 1. The summed E-state index contributed by atoms with van der Waals surface area (Å²) in [5, 5.41) is 26.0. The van der Waals surface area contributed by atoms with E-state index in [1.165, 1.54) is 35.4 Å². The van der Waals surface area contributed by atoms with E-state index in [0.717, 1.165) is 0 Å². The number of hydrogen-bond acceptors (Lipinski definition) is 7. The number of phenols is 1. The molecule has 0 bridgehead atoms. The van der Waals surface area contributed by atoms with Gasteiger partial charge in [-0.15, -0.1) is 5.10 Å². The van der Waals surface area contributed by atoms with E-state index >= 15 is 0 Å². The molecule has 0 atom stereocenters. The largest absolute Gasteiger partial charge is 0.506 e. The number of hydrogen-bond donors (Lipinski definition) is 3. The van der Waals surface area contributed by atoms with E-state index in [4.69, 9.17) is 11.6 Å². The molecule has 0 radical (unpaired) electrons. The summed E-state index contributed by atoms with van der Waals surface area (Å²) in [4.78, 5) is 24.1. The van der Waals surface area contributed by atoms with Crippen molar-refractivity contribution in [3.05, 3.63) is 47.6 Å². The molecule has 1 aromatic carbocycles. The van der Waals surface area contributed by atoms with E-state index in [9.17, 15) is 15.0 Å². The second-order valence-corrected chi connectivity index (χ2v) is 5.38. The fraction of sp³-hybridized carbons (Fsp3) is 0.133. The first kappa shape index (κ1) is 16.8. The lowest BCUT2D eigenvalue weighted by Crippen LogP contribution is -2.18. The average molecular weight is 361 g/mol. The highest BCUT2D eigenvalue weighted by Gasteiger charge is 2.16. The number of aromatic hydroxyl groups is 1. The van der Waals surface area contributed by atoms with Crippen molar-refractivity contribution in [3.63, 3.8) is 0 Å². The first-order valence-electron chi connectivity index (χ1n) is 7.16. The Kier molecular flexibility index (Phi) is 4.87. The van der Waals surface area contributed by atoms with E-state index in [-0.39, 0.29) is 34.7 Å². The zero-order valence-corrected chi connectivity index (χ0v) is 13.6. The van der Waals surface area contributed by atoms with Crippen molar-refractivity contribution in [2.24, 2.45) is 0 Å². The third-order valence-corrected chi connectivity index (χ3v) is 3.56. The van der Waals surface area contributed by atoms with Gasteiger partial charge in [0, 0.05) is 18.0 Å². The van der Waals surface area contributed by atoms with Crippen molar-refractivity contribution in [1.82, 2.24) is 24.7 Å². The molecule has 3 rings (SSSR count). The second kappa shape index (κ2) is 7.24. The van der Waals surface area contributed by atoms with Crippen molar-refractivity contribution < 1.29 is 15.0 Å². The van der Waals surface area contributed by atoms with Crippen LogP contribution in [0.3, 0.4) is 0 Å². The summed E-state index contributed by atoms with van der Waals surface area (Å²) < 4.78 is 1.19. The number of phenolic OH excluding ortho intramolecular Hbond substituents is 1. The molecular formula is C15H13ClN6O3. The molecule has 3 N–H and O–H groups in total. The van der Waals surface area contributed by atoms with Crippen LogP contribution in [0.5, 0.6) is 5.75 Å². The van der Waals surface area contributed by atoms with Crippen LogP contribution in [0.1, 0.15) is 5.82 Å². The lowest BCUT2D eigenvalue weighted by molar-refractivity contribution is -0.115. The topological polar surface area (TPSA) is 126 Å². The van der Waals surface area contributed by atoms with Gasteiger partial charge in [-0.05, 0) is 18.2 Å². The Bertz CT molecular complexity index is 900. The van der Waals surface area contributed by atoms with Crippen LogP contribution in [-0.4, -0.2) is 40.9 Å². The maximum absolute atomic E-state index is 12.1. The van der Waals surface area contributed by atoms with E-state index < -0.39 is 6.73 Å². The number of anilines is 1. The van der Waals surface area contributed by atoms with Crippen LogP contribution >= 0.6 is 11.6 Å². The third kappa shape index (κ3) is 3.90. The van der Waals surface area contributed by atoms with Crippen LogP contribution in [0.2, 0.25) is 5.02 Å². The Balaban J connectivity index is 1.80. The van der Waals surface area contributed by atoms with Crippen molar-refractivity contribution in [1.29, 1.82) is 0 Å². The molecule has 0 saturated heterocycles. The number of aliphatic hydroxyl groups is 1. The van der Waals surface area contributed by atoms with Crippen LogP contribution < -0.4 is 5.32 Å². The van der Waals surface area contributed by atoms with E-state index in [1.54, 1.807) is 6.07 Å². The highest BCUT2D eigenvalue weighted by molar-refractivity contribution is 6.32. The first-order chi connectivity index (χ1) is 12.1. The number of rotatable bonds is 5. The fourth-order valence-corrected chi connectivity index (χ4v) is 2.20. The van der Waals surface area contributed by atoms with Gasteiger partial charge in [0.25, 0.3) is 0 Å². The molecule has 0 aliphatic heterocycles. The Morgan fingerprint density at radius 1 is 1.32 bits per heavy atom. The minimum Gasteiger partial charge on any atom is -0.506 e. The standard InChI is InChI=1S/C15H13ClN6O3/c16-10-2-1-9(5-11(10)24)15-20-13(22(8-23)21-15)6-14(25)19-12-7-17-3-4-18-12/h1-5,7,23-24H,6,8H2,(H,18,19,25). The van der Waals surface area contributed by atoms with Gasteiger partial charge in [-0.2, -0.15) is 0 Å². The quantitative estimate of drug-likeness (QED) is 0.624. The molecular weight excluding hydrogens is 348 g/mol. The Labute approximate surface area is 147 Å². The lowest BCUT2D eigenvalue weighted by Gasteiger charge is -2.03. The molecule has 2 heterocycles. The van der Waals surface area contributed by atoms with Gasteiger partial charge >= 0.3 is 0 Å². The van der Waals surface area contributed by atoms with Crippen molar-refractivity contribution in [3.8, 4) is 17.1 Å². The maximum atomic E-state index is 12.1. The number of aromatic nitrogens is 5. The summed E-state index contributed by atoms with van der Waals surface area (Å²) in [6.07, 6.45) is 4.24. The van der Waals surface area contributed by atoms with Gasteiger partial charge in [-0.1, -0.05) is 11.6 Å². The van der Waals surface area contributed by atoms with E-state index in [2.05, 4.69) is 25.4 Å². The molecule has 0 fully saturated rings. The molecule has 9 nitrogen and oxygen atoms in total. The summed E-state index contributed by atoms with van der Waals surface area (Å²) in [6.45, 7) is -0.444. The minimum absolute atomic E-state index is 0.110. The molecule has 0 aliphatic rings. The van der Waals surface area contributed by atoms with Crippen LogP contribution in [0, 0.1) is 0 Å². The Morgan fingerprint density at radius 3 is 2.84 bits per heavy atom. The molecule has 3 aromatic rings. The SMILES string of the molecule is O=C(Cc1nc(-c2ccc(Cl)c(O)c2)nn1CO)Nc1cnccn1. The third-order valence-electron chi connectivity index (χ3n) is 3.24. The Morgan fingerprint density at radius 2 is 2.16 bits per heavy atom. The molecule has 10 heteroatoms. The molecule has 1 amide bonds. The minimum atomic E-state index is -0.444. The fourth-order valence-electron chi connectivity index (χ4n) is 2.09. The molecule has 0 saturated carbocycles. The molecule has 2 aromatic heterocycles. The predicted molar refractivity (Wildman–Crippen MR) is 88.7 cm³/mol. The number of carbonyl (C=O) groups is 1. The monoisotopic (exact) mass is 360 g/mol. The summed E-state index contributed by atoms with van der Waals surface area (Å²) in [7, 11) is 0. The van der Waals surface area contributed by atoms with E-state index in [1.807, 2.05) is 0 Å². The summed E-state index contributed by atoms with van der Waals surface area (Å²) in [5.41, 5.74) is 0.504. The highest BCUT2D eigenvalue weighted by atomic mass is 35.5. The highest BCUT2D eigenvalue weighted by Crippen LogP contribution is 2.28. The number of nitrogens with zero attached hydrogens (tertiary/aromatic N) is 5. The normalized spacial score (nSPS) is 10.6. The average Bonchev–Trinajstić information content (AvgIpc) is 3.01. The summed E-state index contributed by atoms with van der Waals surface area (Å²) >= 11 is 5.78. The van der Waals surface area contributed by atoms with Crippen molar-refractivity contribution in [2.75, 3.05) is 5.32 Å². The van der Waals surface area contributed by atoms with Gasteiger partial charge < -0.3 is 15.5 Å². The molecule has 0 unspecified atom stereocenters. The van der Waals surface area contributed by atoms with E-state index in [0.29, 0.717) is 11.4 Å². The number of benzene rings is 1. The van der Waals surface area contributed by atoms with Gasteiger partial charge in [0.05, 0.1) is 17.6 Å². The van der Waals surface area contributed by atoms with Crippen molar-refractivity contribution >= 4 is 23.3 Å². The first-order valence-corrected chi connectivity index (χ1v) is 7.54. The lowest BCUT2D eigenvalue weighted by atomic mass is 10.2. The van der Waals surface area contributed by atoms with Crippen LogP contribution in [0.25, 0.3) is 11.4 Å². The smallest absolute Gasteiger partial charge is 0.233 e. The molecule has 0 aliphatic carbocycles. The van der Waals surface area contributed by atoms with Gasteiger partial charge in [0.15, 0.2) is 11.6 Å². The molecule has 25 heavy (non-hydrogen) atoms. The zero-order chi connectivity index (χ0) is 17.8. The van der Waals surface area contributed by atoms with Gasteiger partial charge in [-0.3, -0.25) is 9.78 Å². The van der Waals surface area contributed by atoms with Gasteiger partial charge in [0.2, 0.25) is 5.91 Å². The molecule has 128 valence electrons. The zero-order valence-electron chi connectivity index (χ0n) is 12.8. The second-order valence-electron chi connectivity index (χ2n) is 4.97. The summed E-state index contributed by atoms with van der Waals surface area (Å²) in [5.74, 6) is 0.330. The Hall–Kier alpha value is -3.04. The summed E-state index contributed by atoms with van der Waals surface area (Å²) in [6, 6.07) is 4.54. The number of halogens is 1. The maximum Gasteiger partial charge on any atom is 0.233 e. The van der Waals surface area contributed by atoms with Gasteiger partial charge in [0.1, 0.15) is 18.3 Å². The van der Waals surface area contributed by atoms with Crippen molar-refractivity contribution in [2.45, 2.75) is 13.2 Å².